The summed E-state index contributed by atoms with van der Waals surface area (Å²) in [6.45, 7) is 2.37. The quantitative estimate of drug-likeness (QED) is 0.905. The Bertz CT molecular complexity index is 417. The maximum absolute atomic E-state index is 6.45. The Morgan fingerprint density at radius 1 is 1.50 bits per heavy atom. The number of thiophene rings is 1. The van der Waals surface area contributed by atoms with Gasteiger partial charge in [0.05, 0.1) is 12.2 Å². The fourth-order valence-electron chi connectivity index (χ4n) is 2.99. The first-order chi connectivity index (χ1) is 8.70. The SMILES string of the molecule is NC(c1sccc1Br)C1CCOC2(CCOC2)C1. The summed E-state index contributed by atoms with van der Waals surface area (Å²) in [5, 5.41) is 2.09. The van der Waals surface area contributed by atoms with Gasteiger partial charge in [0.25, 0.3) is 0 Å². The van der Waals surface area contributed by atoms with Crippen LogP contribution in [0, 0.1) is 5.92 Å². The third-order valence-corrected chi connectivity index (χ3v) is 6.03. The highest BCUT2D eigenvalue weighted by Crippen LogP contribution is 2.42. The largest absolute Gasteiger partial charge is 0.378 e. The first-order valence-electron chi connectivity index (χ1n) is 6.40. The average Bonchev–Trinajstić information content (AvgIpc) is 2.98. The Balaban J connectivity index is 1.74. The monoisotopic (exact) mass is 331 g/mol. The summed E-state index contributed by atoms with van der Waals surface area (Å²) in [6, 6.07) is 2.19. The molecule has 0 amide bonds. The lowest BCUT2D eigenvalue weighted by Gasteiger charge is -2.39. The predicted molar refractivity (Wildman–Crippen MR) is 75.8 cm³/mol. The van der Waals surface area contributed by atoms with Crippen molar-refractivity contribution >= 4 is 27.3 Å². The van der Waals surface area contributed by atoms with Crippen molar-refractivity contribution in [3.8, 4) is 0 Å². The van der Waals surface area contributed by atoms with E-state index in [1.165, 1.54) is 4.88 Å². The Labute approximate surface area is 120 Å². The van der Waals surface area contributed by atoms with Crippen molar-refractivity contribution in [1.29, 1.82) is 0 Å². The zero-order valence-electron chi connectivity index (χ0n) is 10.2. The molecule has 5 heteroatoms. The van der Waals surface area contributed by atoms with E-state index in [1.54, 1.807) is 11.3 Å². The minimum Gasteiger partial charge on any atom is -0.378 e. The smallest absolute Gasteiger partial charge is 0.0940 e. The number of hydrogen-bond acceptors (Lipinski definition) is 4. The highest BCUT2D eigenvalue weighted by Gasteiger charge is 2.42. The molecule has 2 aliphatic rings. The zero-order chi connectivity index (χ0) is 12.6. The van der Waals surface area contributed by atoms with Gasteiger partial charge in [0.15, 0.2) is 0 Å². The van der Waals surface area contributed by atoms with Crippen molar-refractivity contribution < 1.29 is 9.47 Å². The normalized spacial score (nSPS) is 34.0. The minimum atomic E-state index is -0.0513. The van der Waals surface area contributed by atoms with Gasteiger partial charge in [0.2, 0.25) is 0 Å². The van der Waals surface area contributed by atoms with E-state index >= 15 is 0 Å². The Morgan fingerprint density at radius 2 is 2.39 bits per heavy atom. The van der Waals surface area contributed by atoms with Crippen LogP contribution >= 0.6 is 27.3 Å². The zero-order valence-corrected chi connectivity index (χ0v) is 12.6. The Kier molecular flexibility index (Phi) is 3.78. The molecule has 0 bridgehead atoms. The number of halogens is 1. The molecule has 0 saturated carbocycles. The molecular formula is C13H18BrNO2S. The summed E-state index contributed by atoms with van der Waals surface area (Å²) in [4.78, 5) is 1.26. The topological polar surface area (TPSA) is 44.5 Å². The molecule has 1 aromatic heterocycles. The molecule has 1 spiro atoms. The number of ether oxygens (including phenoxy) is 2. The predicted octanol–water partition coefficient (Wildman–Crippen LogP) is 3.10. The average molecular weight is 332 g/mol. The van der Waals surface area contributed by atoms with Crippen molar-refractivity contribution in [1.82, 2.24) is 0 Å². The molecule has 3 nitrogen and oxygen atoms in total. The lowest BCUT2D eigenvalue weighted by molar-refractivity contribution is -0.101. The van der Waals surface area contributed by atoms with Crippen LogP contribution in [0.2, 0.25) is 0 Å². The van der Waals surface area contributed by atoms with Gasteiger partial charge in [-0.3, -0.25) is 0 Å². The van der Waals surface area contributed by atoms with E-state index in [4.69, 9.17) is 15.2 Å². The van der Waals surface area contributed by atoms with Crippen molar-refractivity contribution in [3.63, 3.8) is 0 Å². The number of nitrogens with two attached hydrogens (primary N) is 1. The number of rotatable bonds is 2. The van der Waals surface area contributed by atoms with E-state index in [0.717, 1.165) is 43.6 Å². The van der Waals surface area contributed by atoms with E-state index < -0.39 is 0 Å². The molecule has 3 rings (SSSR count). The molecular weight excluding hydrogens is 314 g/mol. The van der Waals surface area contributed by atoms with Crippen LogP contribution in [0.1, 0.15) is 30.2 Å². The Hall–Kier alpha value is 0.0600. The summed E-state index contributed by atoms with van der Waals surface area (Å²) in [6.07, 6.45) is 3.09. The van der Waals surface area contributed by atoms with Crippen LogP contribution in [0.4, 0.5) is 0 Å². The molecule has 0 aromatic carbocycles. The molecule has 3 atom stereocenters. The number of hydrogen-bond donors (Lipinski definition) is 1. The second kappa shape index (κ2) is 5.21. The van der Waals surface area contributed by atoms with Gasteiger partial charge in [0, 0.05) is 35.0 Å². The second-order valence-electron chi connectivity index (χ2n) is 5.25. The van der Waals surface area contributed by atoms with Gasteiger partial charge < -0.3 is 15.2 Å². The van der Waals surface area contributed by atoms with Crippen molar-refractivity contribution in [3.05, 3.63) is 20.8 Å². The molecule has 1 aromatic rings. The van der Waals surface area contributed by atoms with Gasteiger partial charge in [0.1, 0.15) is 0 Å². The van der Waals surface area contributed by atoms with Crippen LogP contribution in [0.5, 0.6) is 0 Å². The third-order valence-electron chi connectivity index (χ3n) is 4.05. The minimum absolute atomic E-state index is 0.0513. The fourth-order valence-corrected chi connectivity index (χ4v) is 4.73. The lowest BCUT2D eigenvalue weighted by atomic mass is 9.81. The van der Waals surface area contributed by atoms with Crippen LogP contribution in [0.3, 0.4) is 0 Å². The van der Waals surface area contributed by atoms with Crippen LogP contribution in [0.25, 0.3) is 0 Å². The molecule has 18 heavy (non-hydrogen) atoms. The van der Waals surface area contributed by atoms with Gasteiger partial charge in [-0.05, 0) is 46.1 Å². The molecule has 3 heterocycles. The Morgan fingerprint density at radius 3 is 3.06 bits per heavy atom. The van der Waals surface area contributed by atoms with E-state index in [9.17, 15) is 0 Å². The van der Waals surface area contributed by atoms with E-state index in [0.29, 0.717) is 5.92 Å². The van der Waals surface area contributed by atoms with Gasteiger partial charge >= 0.3 is 0 Å². The van der Waals surface area contributed by atoms with Crippen molar-refractivity contribution in [2.75, 3.05) is 19.8 Å². The first-order valence-corrected chi connectivity index (χ1v) is 8.08. The third kappa shape index (κ3) is 2.39. The van der Waals surface area contributed by atoms with Crippen molar-refractivity contribution in [2.24, 2.45) is 11.7 Å². The molecule has 2 aliphatic heterocycles. The molecule has 2 N–H and O–H groups in total. The maximum atomic E-state index is 6.45. The van der Waals surface area contributed by atoms with E-state index in [2.05, 4.69) is 27.4 Å². The summed E-state index contributed by atoms with van der Waals surface area (Å²) < 4.78 is 12.6. The first kappa shape index (κ1) is 13.1. The lowest BCUT2D eigenvalue weighted by Crippen LogP contribution is -2.43. The van der Waals surface area contributed by atoms with Crippen molar-refractivity contribution in [2.45, 2.75) is 30.9 Å². The summed E-state index contributed by atoms with van der Waals surface area (Å²) in [5.41, 5.74) is 6.40. The molecule has 0 aliphatic carbocycles. The maximum Gasteiger partial charge on any atom is 0.0940 e. The van der Waals surface area contributed by atoms with Crippen LogP contribution < -0.4 is 5.73 Å². The van der Waals surface area contributed by atoms with Gasteiger partial charge in [-0.15, -0.1) is 11.3 Å². The second-order valence-corrected chi connectivity index (χ2v) is 7.05. The molecule has 2 saturated heterocycles. The summed E-state index contributed by atoms with van der Waals surface area (Å²) in [5.74, 6) is 0.496. The van der Waals surface area contributed by atoms with Gasteiger partial charge in [-0.2, -0.15) is 0 Å². The fraction of sp³-hybridized carbons (Fsp3) is 0.692. The summed E-state index contributed by atoms with van der Waals surface area (Å²) in [7, 11) is 0. The van der Waals surface area contributed by atoms with Crippen LogP contribution in [-0.4, -0.2) is 25.4 Å². The molecule has 2 fully saturated rings. The summed E-state index contributed by atoms with van der Waals surface area (Å²) >= 11 is 5.32. The standard InChI is InChI=1S/C13H18BrNO2S/c14-10-2-6-18-12(10)11(15)9-1-4-17-13(7-9)3-5-16-8-13/h2,6,9,11H,1,3-5,7-8,15H2. The van der Waals surface area contributed by atoms with Crippen LogP contribution in [0.15, 0.2) is 15.9 Å². The highest BCUT2D eigenvalue weighted by atomic mass is 79.9. The molecule has 3 unspecified atom stereocenters. The molecule has 100 valence electrons. The van der Waals surface area contributed by atoms with E-state index in [1.807, 2.05) is 0 Å². The molecule has 0 radical (unpaired) electrons. The van der Waals surface area contributed by atoms with Gasteiger partial charge in [-0.1, -0.05) is 0 Å². The van der Waals surface area contributed by atoms with E-state index in [-0.39, 0.29) is 11.6 Å². The van der Waals surface area contributed by atoms with Crippen LogP contribution in [-0.2, 0) is 9.47 Å². The van der Waals surface area contributed by atoms with Gasteiger partial charge in [-0.25, -0.2) is 0 Å². The highest BCUT2D eigenvalue weighted by molar-refractivity contribution is 9.10.